The summed E-state index contributed by atoms with van der Waals surface area (Å²) >= 11 is 0. The molecule has 0 spiro atoms. The van der Waals surface area contributed by atoms with Crippen LogP contribution in [0.15, 0.2) is 0 Å². The fourth-order valence-electron chi connectivity index (χ4n) is 4.03. The number of aliphatic carboxylic acids is 1. The van der Waals surface area contributed by atoms with Crippen molar-refractivity contribution in [2.45, 2.75) is 83.1 Å². The maximum atomic E-state index is 12.2. The highest BCUT2D eigenvalue weighted by molar-refractivity contribution is 5.87. The Morgan fingerprint density at radius 1 is 1.10 bits per heavy atom. The van der Waals surface area contributed by atoms with Crippen LogP contribution in [0, 0.1) is 11.8 Å². The van der Waals surface area contributed by atoms with E-state index in [1.807, 2.05) is 6.92 Å². The van der Waals surface area contributed by atoms with Crippen molar-refractivity contribution in [3.63, 3.8) is 0 Å². The number of carboxylic acids is 1. The molecule has 0 aromatic rings. The van der Waals surface area contributed by atoms with E-state index in [4.69, 9.17) is 0 Å². The summed E-state index contributed by atoms with van der Waals surface area (Å²) in [4.78, 5) is 23.9. The quantitative estimate of drug-likeness (QED) is 0.816. The third kappa shape index (κ3) is 3.98. The lowest BCUT2D eigenvalue weighted by atomic mass is 9.73. The number of rotatable bonds is 5. The van der Waals surface area contributed by atoms with Crippen molar-refractivity contribution in [1.82, 2.24) is 5.32 Å². The predicted molar refractivity (Wildman–Crippen MR) is 82.0 cm³/mol. The van der Waals surface area contributed by atoms with E-state index < -0.39 is 11.5 Å². The normalized spacial score (nSPS) is 30.8. The molecule has 2 unspecified atom stereocenters. The first-order chi connectivity index (χ1) is 10.0. The maximum Gasteiger partial charge on any atom is 0.329 e. The zero-order valence-corrected chi connectivity index (χ0v) is 13.2. The van der Waals surface area contributed by atoms with E-state index in [0.29, 0.717) is 18.8 Å². The van der Waals surface area contributed by atoms with Gasteiger partial charge in [-0.05, 0) is 31.1 Å². The first kappa shape index (κ1) is 16.3. The molecule has 0 heterocycles. The highest BCUT2D eigenvalue weighted by atomic mass is 16.4. The van der Waals surface area contributed by atoms with E-state index >= 15 is 0 Å². The molecule has 2 aliphatic carbocycles. The predicted octanol–water partition coefficient (Wildman–Crippen LogP) is 3.50. The average molecular weight is 295 g/mol. The first-order valence-electron chi connectivity index (χ1n) is 8.59. The SMILES string of the molecule is CC1CCCCC1(NC(=O)CCC1CCCCC1)C(=O)O. The van der Waals surface area contributed by atoms with Crippen molar-refractivity contribution in [1.29, 1.82) is 0 Å². The Balaban J connectivity index is 1.87. The molecule has 0 saturated heterocycles. The molecular weight excluding hydrogens is 266 g/mol. The lowest BCUT2D eigenvalue weighted by molar-refractivity contribution is -0.152. The topological polar surface area (TPSA) is 66.4 Å². The summed E-state index contributed by atoms with van der Waals surface area (Å²) < 4.78 is 0. The van der Waals surface area contributed by atoms with Gasteiger partial charge in [0.15, 0.2) is 0 Å². The molecule has 2 aliphatic rings. The van der Waals surface area contributed by atoms with E-state index in [1.165, 1.54) is 32.1 Å². The Morgan fingerprint density at radius 3 is 2.38 bits per heavy atom. The van der Waals surface area contributed by atoms with Crippen LogP contribution in [-0.2, 0) is 9.59 Å². The van der Waals surface area contributed by atoms with Gasteiger partial charge in [-0.15, -0.1) is 0 Å². The Bertz CT molecular complexity index is 376. The Hall–Kier alpha value is -1.06. The summed E-state index contributed by atoms with van der Waals surface area (Å²) in [5, 5.41) is 12.5. The number of hydrogen-bond donors (Lipinski definition) is 2. The van der Waals surface area contributed by atoms with E-state index in [9.17, 15) is 14.7 Å². The van der Waals surface area contributed by atoms with Gasteiger partial charge in [-0.3, -0.25) is 4.79 Å². The third-order valence-corrected chi connectivity index (χ3v) is 5.55. The summed E-state index contributed by atoms with van der Waals surface area (Å²) in [5.74, 6) is -0.256. The summed E-state index contributed by atoms with van der Waals surface area (Å²) in [6.07, 6.45) is 11.1. The van der Waals surface area contributed by atoms with Crippen LogP contribution in [0.3, 0.4) is 0 Å². The van der Waals surface area contributed by atoms with Crippen LogP contribution in [0.5, 0.6) is 0 Å². The minimum absolute atomic E-state index is 0.0161. The molecule has 1 amide bonds. The number of carbonyl (C=O) groups excluding carboxylic acids is 1. The number of hydrogen-bond acceptors (Lipinski definition) is 2. The summed E-state index contributed by atoms with van der Waals surface area (Å²) in [6.45, 7) is 1.95. The fraction of sp³-hybridized carbons (Fsp3) is 0.882. The number of carboxylic acid groups (broad SMARTS) is 1. The zero-order chi connectivity index (χ0) is 15.3. The van der Waals surface area contributed by atoms with Crippen LogP contribution in [0.4, 0.5) is 0 Å². The second-order valence-corrected chi connectivity index (χ2v) is 7.01. The van der Waals surface area contributed by atoms with E-state index in [-0.39, 0.29) is 11.8 Å². The Kier molecular flexibility index (Phi) is 5.65. The van der Waals surface area contributed by atoms with Crippen molar-refractivity contribution in [3.05, 3.63) is 0 Å². The van der Waals surface area contributed by atoms with Gasteiger partial charge in [0.2, 0.25) is 5.91 Å². The van der Waals surface area contributed by atoms with Crippen LogP contribution in [0.2, 0.25) is 0 Å². The van der Waals surface area contributed by atoms with Crippen LogP contribution < -0.4 is 5.32 Å². The standard InChI is InChI=1S/C17H29NO3/c1-13-7-5-6-12-17(13,16(20)21)18-15(19)11-10-14-8-3-2-4-9-14/h13-14H,2-12H2,1H3,(H,18,19)(H,20,21). The molecule has 0 bridgehead atoms. The molecule has 0 aliphatic heterocycles. The molecule has 4 nitrogen and oxygen atoms in total. The molecule has 21 heavy (non-hydrogen) atoms. The molecule has 0 aromatic heterocycles. The van der Waals surface area contributed by atoms with Gasteiger partial charge >= 0.3 is 5.97 Å². The van der Waals surface area contributed by atoms with Crippen LogP contribution >= 0.6 is 0 Å². The summed E-state index contributed by atoms with van der Waals surface area (Å²) in [6, 6.07) is 0. The highest BCUT2D eigenvalue weighted by Gasteiger charge is 2.46. The Morgan fingerprint density at radius 2 is 1.76 bits per heavy atom. The molecule has 0 radical (unpaired) electrons. The third-order valence-electron chi connectivity index (χ3n) is 5.55. The minimum atomic E-state index is -1.03. The molecule has 2 atom stereocenters. The smallest absolute Gasteiger partial charge is 0.329 e. The fourth-order valence-corrected chi connectivity index (χ4v) is 4.03. The highest BCUT2D eigenvalue weighted by Crippen LogP contribution is 2.34. The second kappa shape index (κ2) is 7.28. The average Bonchev–Trinajstić information content (AvgIpc) is 2.48. The zero-order valence-electron chi connectivity index (χ0n) is 13.2. The minimum Gasteiger partial charge on any atom is -0.479 e. The van der Waals surface area contributed by atoms with Crippen molar-refractivity contribution in [3.8, 4) is 0 Å². The van der Waals surface area contributed by atoms with Crippen LogP contribution in [0.1, 0.15) is 77.6 Å². The molecular formula is C17H29NO3. The molecule has 4 heteroatoms. The van der Waals surface area contributed by atoms with E-state index in [0.717, 1.165) is 25.7 Å². The summed E-state index contributed by atoms with van der Waals surface area (Å²) in [7, 11) is 0. The molecule has 2 saturated carbocycles. The van der Waals surface area contributed by atoms with Crippen molar-refractivity contribution in [2.24, 2.45) is 11.8 Å². The molecule has 0 aromatic carbocycles. The second-order valence-electron chi connectivity index (χ2n) is 7.01. The van der Waals surface area contributed by atoms with Crippen molar-refractivity contribution >= 4 is 11.9 Å². The van der Waals surface area contributed by atoms with Gasteiger partial charge in [-0.1, -0.05) is 51.9 Å². The monoisotopic (exact) mass is 295 g/mol. The van der Waals surface area contributed by atoms with Crippen molar-refractivity contribution in [2.75, 3.05) is 0 Å². The maximum absolute atomic E-state index is 12.2. The lowest BCUT2D eigenvalue weighted by Gasteiger charge is -2.39. The largest absolute Gasteiger partial charge is 0.479 e. The molecule has 120 valence electrons. The van der Waals surface area contributed by atoms with Crippen LogP contribution in [-0.4, -0.2) is 22.5 Å². The van der Waals surface area contributed by atoms with E-state index in [2.05, 4.69) is 5.32 Å². The number of amides is 1. The van der Waals surface area contributed by atoms with Gasteiger partial charge in [0.1, 0.15) is 5.54 Å². The molecule has 2 fully saturated rings. The van der Waals surface area contributed by atoms with Gasteiger partial charge in [-0.25, -0.2) is 4.79 Å². The first-order valence-corrected chi connectivity index (χ1v) is 8.59. The van der Waals surface area contributed by atoms with Gasteiger partial charge in [0.05, 0.1) is 0 Å². The molecule has 2 rings (SSSR count). The van der Waals surface area contributed by atoms with Crippen LogP contribution in [0.25, 0.3) is 0 Å². The lowest BCUT2D eigenvalue weighted by Crippen LogP contribution is -2.60. The summed E-state index contributed by atoms with van der Waals surface area (Å²) in [5.41, 5.74) is -1.03. The van der Waals surface area contributed by atoms with E-state index in [1.54, 1.807) is 0 Å². The Labute approximate surface area is 127 Å². The number of carbonyl (C=O) groups is 2. The molecule has 2 N–H and O–H groups in total. The van der Waals surface area contributed by atoms with Crippen molar-refractivity contribution < 1.29 is 14.7 Å². The van der Waals surface area contributed by atoms with Gasteiger partial charge < -0.3 is 10.4 Å². The van der Waals surface area contributed by atoms with Gasteiger partial charge in [0.25, 0.3) is 0 Å². The van der Waals surface area contributed by atoms with Gasteiger partial charge in [0, 0.05) is 6.42 Å². The number of nitrogens with one attached hydrogen (secondary N) is 1. The van der Waals surface area contributed by atoms with Gasteiger partial charge in [-0.2, -0.15) is 0 Å².